The van der Waals surface area contributed by atoms with Gasteiger partial charge in [0.2, 0.25) is 5.91 Å². The van der Waals surface area contributed by atoms with E-state index in [1.54, 1.807) is 37.6 Å². The summed E-state index contributed by atoms with van der Waals surface area (Å²) in [7, 11) is -2.49. The third-order valence-corrected chi connectivity index (χ3v) is 7.22. The first-order chi connectivity index (χ1) is 15.3. The first-order valence-corrected chi connectivity index (χ1v) is 11.9. The molecule has 1 heterocycles. The van der Waals surface area contributed by atoms with Crippen LogP contribution in [-0.4, -0.2) is 39.1 Å². The maximum absolute atomic E-state index is 13.3. The van der Waals surface area contributed by atoms with E-state index in [2.05, 4.69) is 9.71 Å². The molecule has 4 rings (SSSR count). The lowest BCUT2D eigenvalue weighted by atomic mass is 9.93. The molecule has 1 N–H and O–H groups in total. The Morgan fingerprint density at radius 3 is 2.69 bits per heavy atom. The molecule has 0 spiro atoms. The fraction of sp³-hybridized carbons (Fsp3) is 0.333. The lowest BCUT2D eigenvalue weighted by molar-refractivity contribution is -0.121. The fourth-order valence-electron chi connectivity index (χ4n) is 3.75. The fourth-order valence-corrected chi connectivity index (χ4v) is 5.02. The molecule has 168 valence electrons. The Hall–Kier alpha value is -2.97. The van der Waals surface area contributed by atoms with Crippen molar-refractivity contribution in [3.05, 3.63) is 65.9 Å². The van der Waals surface area contributed by atoms with Crippen LogP contribution in [0.4, 0.5) is 0 Å². The molecule has 1 amide bonds. The van der Waals surface area contributed by atoms with Crippen LogP contribution in [0.1, 0.15) is 30.9 Å². The van der Waals surface area contributed by atoms with Gasteiger partial charge >= 0.3 is 0 Å². The van der Waals surface area contributed by atoms with E-state index in [9.17, 15) is 13.2 Å². The molecule has 1 aliphatic carbocycles. The van der Waals surface area contributed by atoms with E-state index >= 15 is 0 Å². The monoisotopic (exact) mass is 454 g/mol. The van der Waals surface area contributed by atoms with Gasteiger partial charge in [0.05, 0.1) is 21.9 Å². The van der Waals surface area contributed by atoms with E-state index < -0.39 is 21.3 Å². The first kappa shape index (κ1) is 22.2. The molecule has 1 saturated carbocycles. The second-order valence-corrected chi connectivity index (χ2v) is 9.85. The van der Waals surface area contributed by atoms with E-state index in [0.717, 1.165) is 5.56 Å². The van der Waals surface area contributed by atoms with Crippen molar-refractivity contribution >= 4 is 26.8 Å². The summed E-state index contributed by atoms with van der Waals surface area (Å²) in [6.07, 6.45) is 2.57. The normalized spacial score (nSPS) is 15.8. The second-order valence-electron chi connectivity index (χ2n) is 8.20. The summed E-state index contributed by atoms with van der Waals surface area (Å²) in [5, 5.41) is 0.466. The van der Waals surface area contributed by atoms with Crippen molar-refractivity contribution in [2.45, 2.75) is 43.1 Å². The molecular weight excluding hydrogens is 428 g/mol. The van der Waals surface area contributed by atoms with Gasteiger partial charge in [0.1, 0.15) is 12.4 Å². The molecule has 2 aromatic carbocycles. The molecule has 8 heteroatoms. The van der Waals surface area contributed by atoms with Gasteiger partial charge in [0.25, 0.3) is 10.0 Å². The summed E-state index contributed by atoms with van der Waals surface area (Å²) in [4.78, 5) is 17.6. The van der Waals surface area contributed by atoms with Crippen LogP contribution in [0.3, 0.4) is 0 Å². The van der Waals surface area contributed by atoms with Gasteiger partial charge < -0.3 is 9.47 Å². The molecule has 1 atom stereocenters. The number of aromatic nitrogens is 1. The zero-order chi connectivity index (χ0) is 22.9. The third kappa shape index (κ3) is 4.20. The first-order valence-electron chi connectivity index (χ1n) is 10.4. The number of benzene rings is 2. The van der Waals surface area contributed by atoms with E-state index in [-0.39, 0.29) is 11.0 Å². The molecule has 1 aromatic heterocycles. The minimum atomic E-state index is -4.09. The van der Waals surface area contributed by atoms with Crippen molar-refractivity contribution < 1.29 is 22.7 Å². The summed E-state index contributed by atoms with van der Waals surface area (Å²) >= 11 is 0. The number of nitrogens with zero attached hydrogens (tertiary/aromatic N) is 1. The van der Waals surface area contributed by atoms with Crippen LogP contribution < -0.4 is 9.46 Å². The van der Waals surface area contributed by atoms with Crippen molar-refractivity contribution in [1.82, 2.24) is 9.71 Å². The smallest absolute Gasteiger partial charge is 0.264 e. The number of amides is 1. The average Bonchev–Trinajstić information content (AvgIpc) is 3.59. The number of aryl methyl sites for hydroxylation is 1. The number of fused-ring (bicyclic) bond motifs is 1. The predicted molar refractivity (Wildman–Crippen MR) is 121 cm³/mol. The molecule has 32 heavy (non-hydrogen) atoms. The highest BCUT2D eigenvalue weighted by Gasteiger charge is 2.54. The number of hydrogen-bond acceptors (Lipinski definition) is 6. The largest absolute Gasteiger partial charge is 0.491 e. The SMILES string of the molecule is CO[C@H](C)COc1ccc(C)cc1C1(C(=O)NS(=O)(=O)c2cccc3ncccc23)CC1. The minimum Gasteiger partial charge on any atom is -0.491 e. The Morgan fingerprint density at radius 1 is 1.19 bits per heavy atom. The van der Waals surface area contributed by atoms with Gasteiger partial charge in [0.15, 0.2) is 0 Å². The Balaban J connectivity index is 1.65. The highest BCUT2D eigenvalue weighted by molar-refractivity contribution is 7.90. The minimum absolute atomic E-state index is 0.0295. The number of nitrogens with one attached hydrogen (secondary N) is 1. The van der Waals surface area contributed by atoms with Crippen molar-refractivity contribution in [3.8, 4) is 5.75 Å². The number of hydrogen-bond donors (Lipinski definition) is 1. The molecule has 1 fully saturated rings. The Bertz CT molecular complexity index is 1260. The van der Waals surface area contributed by atoms with E-state index in [1.807, 2.05) is 32.0 Å². The number of carbonyl (C=O) groups is 1. The van der Waals surface area contributed by atoms with Crippen molar-refractivity contribution in [1.29, 1.82) is 0 Å². The zero-order valence-corrected chi connectivity index (χ0v) is 19.1. The van der Waals surface area contributed by atoms with Gasteiger partial charge in [-0.05, 0) is 57.0 Å². The van der Waals surface area contributed by atoms with Gasteiger partial charge in [-0.15, -0.1) is 0 Å². The Morgan fingerprint density at radius 2 is 1.97 bits per heavy atom. The second kappa shape index (κ2) is 8.52. The average molecular weight is 455 g/mol. The van der Waals surface area contributed by atoms with Crippen LogP contribution in [0.15, 0.2) is 59.6 Å². The summed E-state index contributed by atoms with van der Waals surface area (Å²) in [6.45, 7) is 4.14. The standard InChI is InChI=1S/C24H26N2O5S/c1-16-9-10-21(31-15-17(2)30-3)19(14-16)24(11-12-24)23(27)26-32(28,29)22-8-4-7-20-18(22)6-5-13-25-20/h4-10,13-14,17H,11-12,15H2,1-3H3,(H,26,27)/t17-/m1/s1. The summed E-state index contributed by atoms with van der Waals surface area (Å²) < 4.78 is 39.8. The van der Waals surface area contributed by atoms with Crippen molar-refractivity contribution in [3.63, 3.8) is 0 Å². The molecule has 0 saturated heterocycles. The maximum atomic E-state index is 13.3. The van der Waals surface area contributed by atoms with Crippen LogP contribution in [0.25, 0.3) is 10.9 Å². The highest BCUT2D eigenvalue weighted by Crippen LogP contribution is 2.52. The number of carbonyl (C=O) groups excluding carboxylic acids is 1. The molecular formula is C24H26N2O5S. The number of sulfonamides is 1. The molecule has 7 nitrogen and oxygen atoms in total. The number of methoxy groups -OCH3 is 1. The maximum Gasteiger partial charge on any atom is 0.264 e. The van der Waals surface area contributed by atoms with Crippen molar-refractivity contribution in [2.75, 3.05) is 13.7 Å². The zero-order valence-electron chi connectivity index (χ0n) is 18.3. The van der Waals surface area contributed by atoms with E-state index in [4.69, 9.17) is 9.47 Å². The third-order valence-electron chi connectivity index (χ3n) is 5.83. The van der Waals surface area contributed by atoms with E-state index in [1.165, 1.54) is 6.07 Å². The summed E-state index contributed by atoms with van der Waals surface area (Å²) in [6, 6.07) is 13.8. The number of rotatable bonds is 8. The van der Waals surface area contributed by atoms with Gasteiger partial charge in [-0.25, -0.2) is 13.1 Å². The van der Waals surface area contributed by atoms with E-state index in [0.29, 0.717) is 41.7 Å². The van der Waals surface area contributed by atoms with Gasteiger partial charge in [-0.3, -0.25) is 9.78 Å². The summed E-state index contributed by atoms with van der Waals surface area (Å²) in [5.74, 6) is 0.0209. The topological polar surface area (TPSA) is 94.6 Å². The van der Waals surface area contributed by atoms with Crippen LogP contribution in [-0.2, 0) is 25.0 Å². The summed E-state index contributed by atoms with van der Waals surface area (Å²) in [5.41, 5.74) is 1.28. The molecule has 0 unspecified atom stereocenters. The Labute approximate surface area is 187 Å². The van der Waals surface area contributed by atoms with Crippen LogP contribution in [0.2, 0.25) is 0 Å². The molecule has 0 bridgehead atoms. The number of ether oxygens (including phenoxy) is 2. The number of pyridine rings is 1. The van der Waals surface area contributed by atoms with Crippen LogP contribution in [0, 0.1) is 6.92 Å². The molecule has 3 aromatic rings. The van der Waals surface area contributed by atoms with Crippen LogP contribution >= 0.6 is 0 Å². The highest BCUT2D eigenvalue weighted by atomic mass is 32.2. The van der Waals surface area contributed by atoms with Gasteiger partial charge in [0, 0.05) is 24.3 Å². The molecule has 0 aliphatic heterocycles. The van der Waals surface area contributed by atoms with Crippen molar-refractivity contribution in [2.24, 2.45) is 0 Å². The lowest BCUT2D eigenvalue weighted by Gasteiger charge is -2.21. The predicted octanol–water partition coefficient (Wildman–Crippen LogP) is 3.49. The molecule has 0 radical (unpaired) electrons. The quantitative estimate of drug-likeness (QED) is 0.560. The molecule has 1 aliphatic rings. The van der Waals surface area contributed by atoms with Crippen LogP contribution in [0.5, 0.6) is 5.75 Å². The van der Waals surface area contributed by atoms with Gasteiger partial charge in [-0.2, -0.15) is 0 Å². The van der Waals surface area contributed by atoms with Gasteiger partial charge in [-0.1, -0.05) is 23.8 Å². The lowest BCUT2D eigenvalue weighted by Crippen LogP contribution is -2.39. The Kier molecular flexibility index (Phi) is 5.92.